The minimum Gasteiger partial charge on any atom is -0.354 e. The lowest BCUT2D eigenvalue weighted by Crippen LogP contribution is -2.48. The van der Waals surface area contributed by atoms with Gasteiger partial charge in [0.05, 0.1) is 0 Å². The molecule has 1 atom stereocenters. The highest BCUT2D eigenvalue weighted by Crippen LogP contribution is 2.13. The van der Waals surface area contributed by atoms with Gasteiger partial charge in [0, 0.05) is 13.0 Å². The molecule has 0 aliphatic rings. The van der Waals surface area contributed by atoms with E-state index in [0.717, 1.165) is 19.3 Å². The first-order valence-corrected chi connectivity index (χ1v) is 19.5. The van der Waals surface area contributed by atoms with Crippen LogP contribution in [0.3, 0.4) is 0 Å². The summed E-state index contributed by atoms with van der Waals surface area (Å²) in [5.41, 5.74) is 0. The average Bonchev–Trinajstić information content (AvgIpc) is 3.02. The number of nitrogens with one attached hydrogen (secondary N) is 3. The van der Waals surface area contributed by atoms with Crippen LogP contribution < -0.4 is 16.0 Å². The molecule has 5 nitrogen and oxygen atoms in total. The van der Waals surface area contributed by atoms with Crippen molar-refractivity contribution in [3.8, 4) is 0 Å². The highest BCUT2D eigenvalue weighted by molar-refractivity contribution is 5.87. The molecule has 0 heterocycles. The monoisotopic (exact) mass is 620 g/mol. The third-order valence-corrected chi connectivity index (χ3v) is 8.83. The van der Waals surface area contributed by atoms with Crippen molar-refractivity contribution < 1.29 is 9.59 Å². The van der Waals surface area contributed by atoms with Crippen LogP contribution in [0.15, 0.2) is 12.2 Å². The first-order valence-electron chi connectivity index (χ1n) is 19.5. The van der Waals surface area contributed by atoms with E-state index < -0.39 is 6.04 Å². The molecule has 3 N–H and O–H groups in total. The summed E-state index contributed by atoms with van der Waals surface area (Å²) < 4.78 is 0. The van der Waals surface area contributed by atoms with Crippen LogP contribution >= 0.6 is 0 Å². The maximum atomic E-state index is 12.8. The van der Waals surface area contributed by atoms with Gasteiger partial charge in [0.2, 0.25) is 11.8 Å². The second kappa shape index (κ2) is 36.1. The Kier molecular flexibility index (Phi) is 35.0. The first kappa shape index (κ1) is 42.6. The maximum Gasteiger partial charge on any atom is 0.242 e. The molecule has 44 heavy (non-hydrogen) atoms. The van der Waals surface area contributed by atoms with Crippen LogP contribution in [0.2, 0.25) is 0 Å². The number of carbonyl (C=O) groups is 2. The summed E-state index contributed by atoms with van der Waals surface area (Å²) >= 11 is 0. The van der Waals surface area contributed by atoms with E-state index in [0.29, 0.717) is 25.9 Å². The molecule has 0 fully saturated rings. The molecule has 0 rings (SSSR count). The number of carbonyl (C=O) groups excluding carboxylic acids is 2. The van der Waals surface area contributed by atoms with Gasteiger partial charge in [-0.25, -0.2) is 0 Å². The molecule has 0 saturated carbocycles. The fraction of sp³-hybridized carbons (Fsp3) is 0.897. The zero-order valence-corrected chi connectivity index (χ0v) is 30.0. The standard InChI is InChI=1S/C39H77N3O2/c1-4-6-8-10-12-14-16-18-20-21-23-25-27-29-31-33-38(43)42-37(34-36-40-3)39(44)41-35-32-30-28-26-24-22-19-17-15-13-11-9-7-5-2/h18,20,37,40H,4-17,19,21-36H2,1-3H3,(H,41,44)(H,42,43)/b20-18+. The molecule has 0 radical (unpaired) electrons. The quantitative estimate of drug-likeness (QED) is 0.0488. The number of unbranched alkanes of at least 4 members (excludes halogenated alkanes) is 24. The van der Waals surface area contributed by atoms with Gasteiger partial charge in [-0.2, -0.15) is 0 Å². The maximum absolute atomic E-state index is 12.8. The van der Waals surface area contributed by atoms with Crippen LogP contribution in [0.1, 0.15) is 200 Å². The highest BCUT2D eigenvalue weighted by Gasteiger charge is 2.19. The summed E-state index contributed by atoms with van der Waals surface area (Å²) in [4.78, 5) is 25.3. The predicted molar refractivity (Wildman–Crippen MR) is 193 cm³/mol. The van der Waals surface area contributed by atoms with Crippen LogP contribution in [0.4, 0.5) is 0 Å². The van der Waals surface area contributed by atoms with E-state index in [9.17, 15) is 9.59 Å². The molecule has 0 aromatic carbocycles. The van der Waals surface area contributed by atoms with Gasteiger partial charge >= 0.3 is 0 Å². The number of amides is 2. The van der Waals surface area contributed by atoms with Gasteiger partial charge in [-0.15, -0.1) is 0 Å². The second-order valence-electron chi connectivity index (χ2n) is 13.2. The van der Waals surface area contributed by atoms with Gasteiger partial charge in [0.25, 0.3) is 0 Å². The smallest absolute Gasteiger partial charge is 0.242 e. The van der Waals surface area contributed by atoms with E-state index in [-0.39, 0.29) is 11.8 Å². The van der Waals surface area contributed by atoms with Crippen molar-refractivity contribution in [2.45, 2.75) is 206 Å². The topological polar surface area (TPSA) is 70.2 Å². The normalized spacial score (nSPS) is 12.2. The van der Waals surface area contributed by atoms with E-state index in [4.69, 9.17) is 0 Å². The molecule has 0 aromatic heterocycles. The molecular formula is C39H77N3O2. The fourth-order valence-corrected chi connectivity index (χ4v) is 5.83. The molecule has 0 aliphatic heterocycles. The van der Waals surface area contributed by atoms with Gasteiger partial charge in [0.15, 0.2) is 0 Å². The van der Waals surface area contributed by atoms with Crippen LogP contribution in [-0.2, 0) is 9.59 Å². The van der Waals surface area contributed by atoms with Crippen molar-refractivity contribution in [1.82, 2.24) is 16.0 Å². The SMILES string of the molecule is CCCCCCCC/C=C/CCCCCCCC(=O)NC(CCNC)C(=O)NCCCCCCCCCCCCCCCC. The first-order chi connectivity index (χ1) is 21.7. The third-order valence-electron chi connectivity index (χ3n) is 8.83. The van der Waals surface area contributed by atoms with E-state index in [1.807, 2.05) is 7.05 Å². The number of allylic oxidation sites excluding steroid dienone is 2. The third kappa shape index (κ3) is 32.0. The number of hydrogen-bond acceptors (Lipinski definition) is 3. The molecule has 1 unspecified atom stereocenters. The van der Waals surface area contributed by atoms with E-state index in [1.165, 1.54) is 154 Å². The Labute approximate surface area is 275 Å². The molecule has 0 aromatic rings. The molecule has 2 amide bonds. The lowest BCUT2D eigenvalue weighted by atomic mass is 10.0. The minimum absolute atomic E-state index is 0.00961. The molecule has 5 heteroatoms. The summed E-state index contributed by atoms with van der Waals surface area (Å²) in [6.45, 7) is 5.97. The van der Waals surface area contributed by atoms with Gasteiger partial charge < -0.3 is 16.0 Å². The van der Waals surface area contributed by atoms with Gasteiger partial charge in [-0.05, 0) is 58.5 Å². The summed E-state index contributed by atoms with van der Waals surface area (Å²) in [5, 5.41) is 9.19. The average molecular weight is 620 g/mol. The lowest BCUT2D eigenvalue weighted by molar-refractivity contribution is -0.129. The van der Waals surface area contributed by atoms with E-state index in [2.05, 4.69) is 41.9 Å². The lowest BCUT2D eigenvalue weighted by Gasteiger charge is -2.18. The molecule has 0 aliphatic carbocycles. The van der Waals surface area contributed by atoms with Gasteiger partial charge in [-0.1, -0.05) is 161 Å². The number of hydrogen-bond donors (Lipinski definition) is 3. The van der Waals surface area contributed by atoms with Crippen molar-refractivity contribution in [3.05, 3.63) is 12.2 Å². The molecule has 260 valence electrons. The molecular weight excluding hydrogens is 542 g/mol. The summed E-state index contributed by atoms with van der Waals surface area (Å²) in [7, 11) is 1.89. The van der Waals surface area contributed by atoms with Crippen molar-refractivity contribution in [2.24, 2.45) is 0 Å². The summed E-state index contributed by atoms with van der Waals surface area (Å²) in [6, 6.07) is -0.440. The van der Waals surface area contributed by atoms with Gasteiger partial charge in [0.1, 0.15) is 6.04 Å². The molecule has 0 spiro atoms. The van der Waals surface area contributed by atoms with Crippen molar-refractivity contribution in [2.75, 3.05) is 20.1 Å². The van der Waals surface area contributed by atoms with Crippen molar-refractivity contribution in [1.29, 1.82) is 0 Å². The Morgan fingerprint density at radius 2 is 0.932 bits per heavy atom. The zero-order valence-electron chi connectivity index (χ0n) is 30.0. The van der Waals surface area contributed by atoms with Crippen LogP contribution in [0, 0.1) is 0 Å². The van der Waals surface area contributed by atoms with Crippen LogP contribution in [-0.4, -0.2) is 38.0 Å². The Morgan fingerprint density at radius 1 is 0.523 bits per heavy atom. The Hall–Kier alpha value is -1.36. The Morgan fingerprint density at radius 3 is 1.39 bits per heavy atom. The van der Waals surface area contributed by atoms with Crippen LogP contribution in [0.25, 0.3) is 0 Å². The minimum atomic E-state index is -0.440. The van der Waals surface area contributed by atoms with Crippen LogP contribution in [0.5, 0.6) is 0 Å². The zero-order chi connectivity index (χ0) is 32.2. The van der Waals surface area contributed by atoms with Crippen molar-refractivity contribution in [3.63, 3.8) is 0 Å². The van der Waals surface area contributed by atoms with Gasteiger partial charge in [-0.3, -0.25) is 9.59 Å². The Bertz CT molecular complexity index is 637. The largest absolute Gasteiger partial charge is 0.354 e. The number of rotatable bonds is 35. The Balaban J connectivity index is 3.76. The molecule has 0 bridgehead atoms. The van der Waals surface area contributed by atoms with E-state index in [1.54, 1.807) is 0 Å². The summed E-state index contributed by atoms with van der Waals surface area (Å²) in [5.74, 6) is -0.0248. The summed E-state index contributed by atoms with van der Waals surface area (Å²) in [6.07, 6.45) is 40.8. The fourth-order valence-electron chi connectivity index (χ4n) is 5.83. The van der Waals surface area contributed by atoms with E-state index >= 15 is 0 Å². The second-order valence-corrected chi connectivity index (χ2v) is 13.2. The predicted octanol–water partition coefficient (Wildman–Crippen LogP) is 10.7. The van der Waals surface area contributed by atoms with Crippen molar-refractivity contribution >= 4 is 11.8 Å². The molecule has 0 saturated heterocycles. The highest BCUT2D eigenvalue weighted by atomic mass is 16.2.